The molecule has 1 aromatic heterocycles. The number of hydrogen-bond donors (Lipinski definition) is 2. The number of halogens is 2. The lowest BCUT2D eigenvalue weighted by atomic mass is 10.2. The van der Waals surface area contributed by atoms with E-state index < -0.39 is 5.97 Å². The predicted molar refractivity (Wildman–Crippen MR) is 78.6 cm³/mol. The van der Waals surface area contributed by atoms with Gasteiger partial charge in [0.25, 0.3) is 0 Å². The zero-order valence-electron chi connectivity index (χ0n) is 9.02. The highest BCUT2D eigenvalue weighted by Gasteiger charge is 2.06. The second-order valence-corrected chi connectivity index (χ2v) is 5.14. The Morgan fingerprint density at radius 1 is 1.33 bits per heavy atom. The van der Waals surface area contributed by atoms with E-state index >= 15 is 0 Å². The monoisotopic (exact) mass is 374 g/mol. The van der Waals surface area contributed by atoms with Crippen LogP contribution in [0.25, 0.3) is 0 Å². The zero-order chi connectivity index (χ0) is 13.1. The summed E-state index contributed by atoms with van der Waals surface area (Å²) in [4.78, 5) is 14.9. The van der Waals surface area contributed by atoms with Crippen molar-refractivity contribution in [3.8, 4) is 0 Å². The number of nitrogens with zero attached hydrogens (tertiary/aromatic N) is 1. The van der Waals surface area contributed by atoms with Crippen molar-refractivity contribution in [2.75, 3.05) is 5.32 Å². The van der Waals surface area contributed by atoms with Gasteiger partial charge in [-0.2, -0.15) is 0 Å². The molecule has 2 N–H and O–H groups in total. The smallest absolute Gasteiger partial charge is 0.335 e. The van der Waals surface area contributed by atoms with Crippen molar-refractivity contribution < 1.29 is 9.90 Å². The molecule has 0 bridgehead atoms. The Balaban J connectivity index is 2.28. The van der Waals surface area contributed by atoms with Gasteiger partial charge in [-0.25, -0.2) is 9.78 Å². The van der Waals surface area contributed by atoms with E-state index in [2.05, 4.69) is 32.9 Å². The second-order valence-electron chi connectivity index (χ2n) is 3.48. The fourth-order valence-corrected chi connectivity index (χ4v) is 2.26. The molecule has 18 heavy (non-hydrogen) atoms. The number of carbonyl (C=O) groups is 1. The van der Waals surface area contributed by atoms with E-state index in [0.29, 0.717) is 16.5 Å². The summed E-state index contributed by atoms with van der Waals surface area (Å²) in [6.45, 7) is 0. The van der Waals surface area contributed by atoms with E-state index in [1.807, 2.05) is 18.2 Å². The summed E-state index contributed by atoms with van der Waals surface area (Å²) < 4.78 is 1.02. The summed E-state index contributed by atoms with van der Waals surface area (Å²) in [6, 6.07) is 8.42. The number of pyridine rings is 1. The molecule has 0 amide bonds. The number of anilines is 2. The van der Waals surface area contributed by atoms with E-state index in [-0.39, 0.29) is 5.56 Å². The van der Waals surface area contributed by atoms with Crippen molar-refractivity contribution in [3.63, 3.8) is 0 Å². The first kappa shape index (κ1) is 13.1. The van der Waals surface area contributed by atoms with Crippen LogP contribution in [0.2, 0.25) is 5.02 Å². The maximum atomic E-state index is 10.8. The highest BCUT2D eigenvalue weighted by molar-refractivity contribution is 14.1. The lowest BCUT2D eigenvalue weighted by molar-refractivity contribution is 0.0697. The highest BCUT2D eigenvalue weighted by Crippen LogP contribution is 2.26. The zero-order valence-corrected chi connectivity index (χ0v) is 11.9. The van der Waals surface area contributed by atoms with Gasteiger partial charge < -0.3 is 10.4 Å². The first-order valence-corrected chi connectivity index (χ1v) is 6.43. The molecule has 2 aromatic rings. The Bertz CT molecular complexity index is 604. The quantitative estimate of drug-likeness (QED) is 0.803. The van der Waals surface area contributed by atoms with Crippen LogP contribution in [0.1, 0.15) is 10.4 Å². The minimum Gasteiger partial charge on any atom is -0.478 e. The van der Waals surface area contributed by atoms with E-state index in [0.717, 1.165) is 3.57 Å². The topological polar surface area (TPSA) is 62.2 Å². The van der Waals surface area contributed by atoms with Gasteiger partial charge in [-0.15, -0.1) is 0 Å². The molecule has 0 aliphatic rings. The molecule has 1 aromatic carbocycles. The average Bonchev–Trinajstić information content (AvgIpc) is 2.33. The van der Waals surface area contributed by atoms with Gasteiger partial charge in [-0.3, -0.25) is 0 Å². The average molecular weight is 375 g/mol. The van der Waals surface area contributed by atoms with Gasteiger partial charge in [-0.05, 0) is 52.9 Å². The third kappa shape index (κ3) is 3.11. The molecule has 1 heterocycles. The summed E-state index contributed by atoms with van der Waals surface area (Å²) in [7, 11) is 0. The Labute approximate surface area is 122 Å². The van der Waals surface area contributed by atoms with Crippen molar-refractivity contribution in [2.24, 2.45) is 0 Å². The van der Waals surface area contributed by atoms with Gasteiger partial charge in [-0.1, -0.05) is 11.6 Å². The fourth-order valence-electron chi connectivity index (χ4n) is 1.36. The Morgan fingerprint density at radius 3 is 2.78 bits per heavy atom. The predicted octanol–water partition coefficient (Wildman–Crippen LogP) is 3.78. The first-order chi connectivity index (χ1) is 8.56. The number of aromatic nitrogens is 1. The van der Waals surface area contributed by atoms with E-state index in [9.17, 15) is 4.79 Å². The second kappa shape index (κ2) is 5.53. The van der Waals surface area contributed by atoms with Gasteiger partial charge in [0.1, 0.15) is 5.82 Å². The number of nitrogens with one attached hydrogen (secondary N) is 1. The maximum absolute atomic E-state index is 10.8. The molecule has 0 unspecified atom stereocenters. The van der Waals surface area contributed by atoms with Crippen molar-refractivity contribution in [2.45, 2.75) is 0 Å². The standard InChI is InChI=1S/C12H8ClIN2O2/c13-9-6-8(14)1-2-10(9)16-11-5-7(12(17)18)3-4-15-11/h1-6H,(H,15,16)(H,17,18). The lowest BCUT2D eigenvalue weighted by Crippen LogP contribution is -2.00. The molecule has 6 heteroatoms. The highest BCUT2D eigenvalue weighted by atomic mass is 127. The van der Waals surface area contributed by atoms with Crippen molar-refractivity contribution in [3.05, 3.63) is 50.7 Å². The lowest BCUT2D eigenvalue weighted by Gasteiger charge is -2.08. The largest absolute Gasteiger partial charge is 0.478 e. The minimum atomic E-state index is -0.992. The van der Waals surface area contributed by atoms with Crippen molar-refractivity contribution in [1.29, 1.82) is 0 Å². The fraction of sp³-hybridized carbons (Fsp3) is 0. The number of benzene rings is 1. The molecule has 0 radical (unpaired) electrons. The summed E-state index contributed by atoms with van der Waals surface area (Å²) in [5.41, 5.74) is 0.862. The van der Waals surface area contributed by atoms with Crippen LogP contribution in [0.15, 0.2) is 36.5 Å². The first-order valence-electron chi connectivity index (χ1n) is 4.97. The molecule has 2 rings (SSSR count). The molecule has 0 atom stereocenters. The number of rotatable bonds is 3. The summed E-state index contributed by atoms with van der Waals surface area (Å²) in [5, 5.41) is 12.4. The van der Waals surface area contributed by atoms with E-state index in [1.165, 1.54) is 18.3 Å². The molecule has 0 aliphatic heterocycles. The van der Waals surface area contributed by atoms with Crippen LogP contribution in [-0.2, 0) is 0 Å². The van der Waals surface area contributed by atoms with Crippen LogP contribution in [0.4, 0.5) is 11.5 Å². The molecule has 0 aliphatic carbocycles. The summed E-state index contributed by atoms with van der Waals surface area (Å²) in [5.74, 6) is -0.549. The van der Waals surface area contributed by atoms with Crippen molar-refractivity contribution >= 4 is 51.7 Å². The molecule has 0 spiro atoms. The Kier molecular flexibility index (Phi) is 4.03. The van der Waals surface area contributed by atoms with Gasteiger partial charge in [0, 0.05) is 9.77 Å². The van der Waals surface area contributed by atoms with Gasteiger partial charge in [0.15, 0.2) is 0 Å². The molecule has 0 fully saturated rings. The Hall–Kier alpha value is -1.34. The minimum absolute atomic E-state index is 0.175. The molecule has 0 saturated heterocycles. The summed E-state index contributed by atoms with van der Waals surface area (Å²) >= 11 is 8.23. The van der Waals surface area contributed by atoms with Gasteiger partial charge in [0.2, 0.25) is 0 Å². The van der Waals surface area contributed by atoms with Crippen molar-refractivity contribution in [1.82, 2.24) is 4.98 Å². The molecule has 4 nitrogen and oxygen atoms in total. The molecule has 92 valence electrons. The normalized spacial score (nSPS) is 10.1. The molecule has 0 saturated carbocycles. The van der Waals surface area contributed by atoms with E-state index in [1.54, 1.807) is 0 Å². The molecular formula is C12H8ClIN2O2. The van der Waals surface area contributed by atoms with Gasteiger partial charge >= 0.3 is 5.97 Å². The summed E-state index contributed by atoms with van der Waals surface area (Å²) in [6.07, 6.45) is 1.44. The van der Waals surface area contributed by atoms with Gasteiger partial charge in [0.05, 0.1) is 16.3 Å². The van der Waals surface area contributed by atoms with Crippen LogP contribution >= 0.6 is 34.2 Å². The Morgan fingerprint density at radius 2 is 2.11 bits per heavy atom. The van der Waals surface area contributed by atoms with Crippen LogP contribution in [-0.4, -0.2) is 16.1 Å². The number of hydrogen-bond acceptors (Lipinski definition) is 3. The number of carboxylic acid groups (broad SMARTS) is 1. The van der Waals surface area contributed by atoms with Crippen LogP contribution in [0.5, 0.6) is 0 Å². The maximum Gasteiger partial charge on any atom is 0.335 e. The third-order valence-electron chi connectivity index (χ3n) is 2.20. The van der Waals surface area contributed by atoms with E-state index in [4.69, 9.17) is 16.7 Å². The van der Waals surface area contributed by atoms with Crippen LogP contribution in [0, 0.1) is 3.57 Å². The number of aromatic carboxylic acids is 1. The SMILES string of the molecule is O=C(O)c1ccnc(Nc2ccc(I)cc2Cl)c1. The third-order valence-corrected chi connectivity index (χ3v) is 3.18. The molecular weight excluding hydrogens is 367 g/mol. The number of carboxylic acids is 1. The van der Waals surface area contributed by atoms with Crippen LogP contribution in [0.3, 0.4) is 0 Å². The van der Waals surface area contributed by atoms with Crippen LogP contribution < -0.4 is 5.32 Å².